The molecular formula is C12H21ClN2O3. The molecule has 18 heavy (non-hydrogen) atoms. The second kappa shape index (κ2) is 7.59. The zero-order valence-corrected chi connectivity index (χ0v) is 11.7. The van der Waals surface area contributed by atoms with E-state index in [-0.39, 0.29) is 23.8 Å². The van der Waals surface area contributed by atoms with Crippen molar-refractivity contribution in [3.05, 3.63) is 0 Å². The van der Waals surface area contributed by atoms with Gasteiger partial charge < -0.3 is 15.0 Å². The van der Waals surface area contributed by atoms with Gasteiger partial charge in [-0.05, 0) is 13.3 Å². The second-order valence-electron chi connectivity index (χ2n) is 4.59. The van der Waals surface area contributed by atoms with Crippen LogP contribution in [0.5, 0.6) is 0 Å². The van der Waals surface area contributed by atoms with Gasteiger partial charge >= 0.3 is 0 Å². The molecule has 0 spiro atoms. The van der Waals surface area contributed by atoms with Gasteiger partial charge in [-0.2, -0.15) is 0 Å². The van der Waals surface area contributed by atoms with Crippen LogP contribution in [0.4, 0.5) is 0 Å². The number of carbonyl (C=O) groups is 2. The topological polar surface area (TPSA) is 58.6 Å². The van der Waals surface area contributed by atoms with Crippen LogP contribution in [0.3, 0.4) is 0 Å². The number of nitrogens with one attached hydrogen (secondary N) is 1. The molecular weight excluding hydrogens is 256 g/mol. The minimum Gasteiger partial charge on any atom is -0.383 e. The van der Waals surface area contributed by atoms with Gasteiger partial charge in [0.15, 0.2) is 0 Å². The van der Waals surface area contributed by atoms with E-state index in [1.807, 2.05) is 6.92 Å². The number of alkyl halides is 1. The number of nitrogens with zero attached hydrogens (tertiary/aromatic N) is 1. The first-order valence-electron chi connectivity index (χ1n) is 6.22. The van der Waals surface area contributed by atoms with Crippen molar-refractivity contribution in [2.45, 2.75) is 25.8 Å². The number of amides is 2. The van der Waals surface area contributed by atoms with Crippen molar-refractivity contribution in [2.24, 2.45) is 5.92 Å². The first-order valence-corrected chi connectivity index (χ1v) is 6.75. The molecule has 104 valence electrons. The lowest BCUT2D eigenvalue weighted by molar-refractivity contribution is -0.130. The fourth-order valence-corrected chi connectivity index (χ4v) is 2.22. The SMILES string of the molecule is COC[C@H](C)N1C[C@H](C(=O)NCCCCl)CC1=O. The molecule has 0 aromatic carbocycles. The number of rotatable bonds is 7. The lowest BCUT2D eigenvalue weighted by atomic mass is 10.1. The van der Waals surface area contributed by atoms with Crippen LogP contribution in [0.1, 0.15) is 19.8 Å². The van der Waals surface area contributed by atoms with Crippen LogP contribution in [0.15, 0.2) is 0 Å². The van der Waals surface area contributed by atoms with E-state index in [9.17, 15) is 9.59 Å². The number of hydrogen-bond donors (Lipinski definition) is 1. The molecule has 0 aliphatic carbocycles. The number of carbonyl (C=O) groups excluding carboxylic acids is 2. The quantitative estimate of drug-likeness (QED) is 0.548. The Morgan fingerprint density at radius 3 is 3.00 bits per heavy atom. The molecule has 0 aromatic rings. The summed E-state index contributed by atoms with van der Waals surface area (Å²) in [6.07, 6.45) is 1.04. The first-order chi connectivity index (χ1) is 8.60. The second-order valence-corrected chi connectivity index (χ2v) is 4.96. The molecule has 6 heteroatoms. The van der Waals surface area contributed by atoms with Crippen LogP contribution in [-0.4, -0.2) is 55.4 Å². The third-order valence-electron chi connectivity index (χ3n) is 3.08. The van der Waals surface area contributed by atoms with E-state index in [0.29, 0.717) is 32.0 Å². The van der Waals surface area contributed by atoms with E-state index < -0.39 is 0 Å². The van der Waals surface area contributed by atoms with E-state index in [1.165, 1.54) is 0 Å². The van der Waals surface area contributed by atoms with Crippen molar-refractivity contribution in [3.8, 4) is 0 Å². The van der Waals surface area contributed by atoms with Gasteiger partial charge in [0.25, 0.3) is 0 Å². The molecule has 5 nitrogen and oxygen atoms in total. The van der Waals surface area contributed by atoms with Gasteiger partial charge in [-0.25, -0.2) is 0 Å². The van der Waals surface area contributed by atoms with Gasteiger partial charge in [0.1, 0.15) is 0 Å². The van der Waals surface area contributed by atoms with Crippen LogP contribution in [-0.2, 0) is 14.3 Å². The number of methoxy groups -OCH3 is 1. The summed E-state index contributed by atoms with van der Waals surface area (Å²) in [4.78, 5) is 25.3. The molecule has 1 aliphatic rings. The summed E-state index contributed by atoms with van der Waals surface area (Å²) in [5.74, 6) is 0.255. The number of hydrogen-bond acceptors (Lipinski definition) is 3. The number of halogens is 1. The Kier molecular flexibility index (Phi) is 6.43. The molecule has 0 saturated carbocycles. The Labute approximate surface area is 113 Å². The molecule has 2 atom stereocenters. The van der Waals surface area contributed by atoms with Gasteiger partial charge in [0.2, 0.25) is 11.8 Å². The summed E-state index contributed by atoms with van der Waals surface area (Å²) >= 11 is 5.54. The highest BCUT2D eigenvalue weighted by Gasteiger charge is 2.36. The highest BCUT2D eigenvalue weighted by atomic mass is 35.5. The molecule has 1 fully saturated rings. The molecule has 1 heterocycles. The van der Waals surface area contributed by atoms with E-state index in [4.69, 9.17) is 16.3 Å². The third-order valence-corrected chi connectivity index (χ3v) is 3.35. The zero-order chi connectivity index (χ0) is 13.5. The van der Waals surface area contributed by atoms with Crippen LogP contribution in [0.2, 0.25) is 0 Å². The standard InChI is InChI=1S/C12H21ClN2O3/c1-9(8-18-2)15-7-10(6-11(15)16)12(17)14-5-3-4-13/h9-10H,3-8H2,1-2H3,(H,14,17)/t9-,10+/m0/s1. The van der Waals surface area contributed by atoms with E-state index in [0.717, 1.165) is 6.42 Å². The highest BCUT2D eigenvalue weighted by Crippen LogP contribution is 2.20. The van der Waals surface area contributed by atoms with Crippen molar-refractivity contribution >= 4 is 23.4 Å². The molecule has 1 rings (SSSR count). The third kappa shape index (κ3) is 4.14. The average molecular weight is 277 g/mol. The maximum absolute atomic E-state index is 11.8. The van der Waals surface area contributed by atoms with Gasteiger partial charge in [-0.3, -0.25) is 9.59 Å². The van der Waals surface area contributed by atoms with E-state index >= 15 is 0 Å². The fraction of sp³-hybridized carbons (Fsp3) is 0.833. The van der Waals surface area contributed by atoms with Crippen molar-refractivity contribution in [3.63, 3.8) is 0 Å². The Balaban J connectivity index is 2.42. The fourth-order valence-electron chi connectivity index (χ4n) is 2.09. The van der Waals surface area contributed by atoms with Gasteiger partial charge in [0.05, 0.1) is 18.6 Å². The average Bonchev–Trinajstić information content (AvgIpc) is 2.72. The Bertz CT molecular complexity index is 299. The van der Waals surface area contributed by atoms with Crippen molar-refractivity contribution in [2.75, 3.05) is 32.7 Å². The summed E-state index contributed by atoms with van der Waals surface area (Å²) in [5, 5.41) is 2.80. The van der Waals surface area contributed by atoms with Gasteiger partial charge in [0, 0.05) is 32.5 Å². The van der Waals surface area contributed by atoms with Crippen LogP contribution >= 0.6 is 11.6 Å². The Morgan fingerprint density at radius 2 is 2.39 bits per heavy atom. The molecule has 2 amide bonds. The molecule has 0 unspecified atom stereocenters. The summed E-state index contributed by atoms with van der Waals surface area (Å²) < 4.78 is 5.03. The first kappa shape index (κ1) is 15.2. The van der Waals surface area contributed by atoms with Gasteiger partial charge in [-0.15, -0.1) is 11.6 Å². The Morgan fingerprint density at radius 1 is 1.67 bits per heavy atom. The smallest absolute Gasteiger partial charge is 0.225 e. The Hall–Kier alpha value is -0.810. The summed E-state index contributed by atoms with van der Waals surface area (Å²) in [6.45, 7) is 3.47. The summed E-state index contributed by atoms with van der Waals surface area (Å²) in [6, 6.07) is 0.0168. The minimum atomic E-state index is -0.243. The van der Waals surface area contributed by atoms with Crippen LogP contribution < -0.4 is 5.32 Å². The number of likely N-dealkylation sites (tertiary alicyclic amines) is 1. The maximum atomic E-state index is 11.8. The monoisotopic (exact) mass is 276 g/mol. The predicted octanol–water partition coefficient (Wildman–Crippen LogP) is 0.615. The van der Waals surface area contributed by atoms with Crippen molar-refractivity contribution in [1.82, 2.24) is 10.2 Å². The molecule has 0 radical (unpaired) electrons. The summed E-state index contributed by atoms with van der Waals surface area (Å²) in [7, 11) is 1.60. The lowest BCUT2D eigenvalue weighted by Crippen LogP contribution is -2.39. The predicted molar refractivity (Wildman–Crippen MR) is 69.5 cm³/mol. The van der Waals surface area contributed by atoms with Crippen molar-refractivity contribution in [1.29, 1.82) is 0 Å². The largest absolute Gasteiger partial charge is 0.383 e. The molecule has 1 saturated heterocycles. The molecule has 1 N–H and O–H groups in total. The van der Waals surface area contributed by atoms with E-state index in [2.05, 4.69) is 5.32 Å². The number of ether oxygens (including phenoxy) is 1. The van der Waals surface area contributed by atoms with Crippen molar-refractivity contribution < 1.29 is 14.3 Å². The molecule has 0 bridgehead atoms. The maximum Gasteiger partial charge on any atom is 0.225 e. The van der Waals surface area contributed by atoms with Crippen LogP contribution in [0.25, 0.3) is 0 Å². The molecule has 1 aliphatic heterocycles. The lowest BCUT2D eigenvalue weighted by Gasteiger charge is -2.23. The molecule has 0 aromatic heterocycles. The summed E-state index contributed by atoms with van der Waals surface area (Å²) in [5.41, 5.74) is 0. The highest BCUT2D eigenvalue weighted by molar-refractivity contribution is 6.17. The van der Waals surface area contributed by atoms with Crippen LogP contribution in [0, 0.1) is 5.92 Å². The normalized spacial score (nSPS) is 21.2. The zero-order valence-electron chi connectivity index (χ0n) is 10.9. The van der Waals surface area contributed by atoms with Gasteiger partial charge in [-0.1, -0.05) is 0 Å². The minimum absolute atomic E-state index is 0.0168. The van der Waals surface area contributed by atoms with E-state index in [1.54, 1.807) is 12.0 Å².